The fourth-order valence-corrected chi connectivity index (χ4v) is 2.80. The molecule has 5 heteroatoms. The summed E-state index contributed by atoms with van der Waals surface area (Å²) in [4.78, 5) is 12.1. The lowest BCUT2D eigenvalue weighted by atomic mass is 10.0. The first kappa shape index (κ1) is 14.3. The summed E-state index contributed by atoms with van der Waals surface area (Å²) in [5.74, 6) is 0. The molecule has 2 rings (SSSR count). The third-order valence-electron chi connectivity index (χ3n) is 2.90. The lowest BCUT2D eigenvalue weighted by Crippen LogP contribution is -2.27. The summed E-state index contributed by atoms with van der Waals surface area (Å²) >= 11 is 9.15. The summed E-state index contributed by atoms with van der Waals surface area (Å²) in [5.41, 5.74) is 1.73. The van der Waals surface area contributed by atoms with Gasteiger partial charge in [0.15, 0.2) is 0 Å². The van der Waals surface area contributed by atoms with Gasteiger partial charge in [0.2, 0.25) is 0 Å². The maximum atomic E-state index is 12.1. The number of rotatable bonds is 3. The van der Waals surface area contributed by atoms with Gasteiger partial charge in [-0.25, -0.2) is 0 Å². The highest BCUT2D eigenvalue weighted by molar-refractivity contribution is 9.10. The van der Waals surface area contributed by atoms with Crippen LogP contribution in [0.4, 0.5) is 0 Å². The highest BCUT2D eigenvalue weighted by atomic mass is 79.9. The van der Waals surface area contributed by atoms with Crippen molar-refractivity contribution in [3.8, 4) is 0 Å². The minimum atomic E-state index is -0.442. The van der Waals surface area contributed by atoms with Crippen molar-refractivity contribution in [2.45, 2.75) is 13.0 Å². The number of hydrogen-bond acceptors (Lipinski definition) is 2. The number of halogens is 2. The van der Waals surface area contributed by atoms with Crippen LogP contribution in [0.15, 0.2) is 45.8 Å². The zero-order chi connectivity index (χ0) is 14.0. The van der Waals surface area contributed by atoms with Crippen LogP contribution in [0.25, 0.3) is 0 Å². The maximum Gasteiger partial charge on any atom is 0.265 e. The van der Waals surface area contributed by atoms with Gasteiger partial charge in [0.1, 0.15) is 0 Å². The van der Waals surface area contributed by atoms with Crippen LogP contribution in [0.5, 0.6) is 0 Å². The standard InChI is InChI=1S/C14H13BrClNO2/c1-9-3-2-4-10(5-9)13(8-18)17-7-11(16)6-12(15)14(17)19/h2-7,13,18H,8H2,1H3. The molecule has 1 N–H and O–H groups in total. The van der Waals surface area contributed by atoms with E-state index in [0.29, 0.717) is 9.50 Å². The van der Waals surface area contributed by atoms with Crippen LogP contribution in [-0.4, -0.2) is 16.3 Å². The second-order valence-corrected chi connectivity index (χ2v) is 5.62. The number of aromatic nitrogens is 1. The highest BCUT2D eigenvalue weighted by Gasteiger charge is 2.16. The van der Waals surface area contributed by atoms with Crippen molar-refractivity contribution < 1.29 is 5.11 Å². The van der Waals surface area contributed by atoms with Crippen LogP contribution in [0.2, 0.25) is 5.02 Å². The second kappa shape index (κ2) is 5.90. The van der Waals surface area contributed by atoms with Gasteiger partial charge in [0.25, 0.3) is 5.56 Å². The van der Waals surface area contributed by atoms with Gasteiger partial charge < -0.3 is 9.67 Å². The number of benzene rings is 1. The van der Waals surface area contributed by atoms with Gasteiger partial charge in [-0.1, -0.05) is 41.4 Å². The molecule has 0 amide bonds. The van der Waals surface area contributed by atoms with Gasteiger partial charge in [-0.15, -0.1) is 0 Å². The minimum Gasteiger partial charge on any atom is -0.394 e. The zero-order valence-electron chi connectivity index (χ0n) is 10.3. The topological polar surface area (TPSA) is 42.2 Å². The quantitative estimate of drug-likeness (QED) is 0.931. The molecular formula is C14H13BrClNO2. The largest absolute Gasteiger partial charge is 0.394 e. The van der Waals surface area contributed by atoms with E-state index in [1.54, 1.807) is 6.07 Å². The zero-order valence-corrected chi connectivity index (χ0v) is 12.6. The van der Waals surface area contributed by atoms with E-state index >= 15 is 0 Å². The maximum absolute atomic E-state index is 12.1. The number of pyridine rings is 1. The van der Waals surface area contributed by atoms with Gasteiger partial charge in [0.05, 0.1) is 22.1 Å². The first-order valence-corrected chi connectivity index (χ1v) is 6.94. The van der Waals surface area contributed by atoms with Crippen LogP contribution < -0.4 is 5.56 Å². The number of hydrogen-bond donors (Lipinski definition) is 1. The van der Waals surface area contributed by atoms with Crippen molar-refractivity contribution in [1.29, 1.82) is 0 Å². The third kappa shape index (κ3) is 3.08. The highest BCUT2D eigenvalue weighted by Crippen LogP contribution is 2.21. The van der Waals surface area contributed by atoms with Crippen molar-refractivity contribution in [3.05, 3.63) is 67.5 Å². The molecule has 0 aliphatic carbocycles. The van der Waals surface area contributed by atoms with Crippen LogP contribution >= 0.6 is 27.5 Å². The Kier molecular flexibility index (Phi) is 4.45. The molecule has 1 unspecified atom stereocenters. The van der Waals surface area contributed by atoms with E-state index in [1.807, 2.05) is 31.2 Å². The monoisotopic (exact) mass is 341 g/mol. The Morgan fingerprint density at radius 3 is 2.79 bits per heavy atom. The SMILES string of the molecule is Cc1cccc(C(CO)n2cc(Cl)cc(Br)c2=O)c1. The van der Waals surface area contributed by atoms with Gasteiger partial charge in [-0.3, -0.25) is 4.79 Å². The molecule has 1 aromatic heterocycles. The smallest absolute Gasteiger partial charge is 0.265 e. The molecule has 0 saturated carbocycles. The molecule has 1 heterocycles. The Morgan fingerprint density at radius 1 is 1.42 bits per heavy atom. The summed E-state index contributed by atoms with van der Waals surface area (Å²) in [7, 11) is 0. The fraction of sp³-hybridized carbons (Fsp3) is 0.214. The van der Waals surface area contributed by atoms with E-state index in [1.165, 1.54) is 10.8 Å². The number of aryl methyl sites for hydroxylation is 1. The van der Waals surface area contributed by atoms with Crippen molar-refractivity contribution in [1.82, 2.24) is 4.57 Å². The average Bonchev–Trinajstić information content (AvgIpc) is 2.36. The van der Waals surface area contributed by atoms with E-state index in [9.17, 15) is 9.90 Å². The summed E-state index contributed by atoms with van der Waals surface area (Å²) in [6.45, 7) is 1.80. The van der Waals surface area contributed by atoms with Gasteiger partial charge in [0, 0.05) is 6.20 Å². The predicted molar refractivity (Wildman–Crippen MR) is 79.8 cm³/mol. The first-order valence-electron chi connectivity index (χ1n) is 5.77. The van der Waals surface area contributed by atoms with Crippen molar-refractivity contribution in [3.63, 3.8) is 0 Å². The molecule has 0 fully saturated rings. The summed E-state index contributed by atoms with van der Waals surface area (Å²) in [6.07, 6.45) is 1.54. The molecule has 1 aromatic carbocycles. The van der Waals surface area contributed by atoms with E-state index in [4.69, 9.17) is 11.6 Å². The number of aliphatic hydroxyl groups excluding tert-OH is 1. The van der Waals surface area contributed by atoms with E-state index in [2.05, 4.69) is 15.9 Å². The van der Waals surface area contributed by atoms with E-state index in [0.717, 1.165) is 11.1 Å². The van der Waals surface area contributed by atoms with Crippen LogP contribution in [-0.2, 0) is 0 Å². The lowest BCUT2D eigenvalue weighted by Gasteiger charge is -2.19. The Bertz CT molecular complexity index is 654. The average molecular weight is 343 g/mol. The van der Waals surface area contributed by atoms with Crippen LogP contribution in [0.3, 0.4) is 0 Å². The fourth-order valence-electron chi connectivity index (χ4n) is 2.00. The molecule has 0 saturated heterocycles. The van der Waals surface area contributed by atoms with Gasteiger partial charge in [-0.05, 0) is 34.5 Å². The normalized spacial score (nSPS) is 12.4. The van der Waals surface area contributed by atoms with Crippen molar-refractivity contribution in [2.75, 3.05) is 6.61 Å². The molecule has 1 atom stereocenters. The number of aliphatic hydroxyl groups is 1. The Balaban J connectivity index is 2.57. The molecule has 2 aromatic rings. The van der Waals surface area contributed by atoms with E-state index in [-0.39, 0.29) is 12.2 Å². The van der Waals surface area contributed by atoms with Crippen LogP contribution in [0, 0.1) is 6.92 Å². The Hall–Kier alpha value is -1.10. The molecule has 0 spiro atoms. The third-order valence-corrected chi connectivity index (χ3v) is 3.68. The minimum absolute atomic E-state index is 0.170. The molecule has 0 bridgehead atoms. The van der Waals surface area contributed by atoms with E-state index < -0.39 is 6.04 Å². The molecule has 0 aliphatic heterocycles. The van der Waals surface area contributed by atoms with Gasteiger partial charge >= 0.3 is 0 Å². The summed E-state index contributed by atoms with van der Waals surface area (Å²) < 4.78 is 1.83. The lowest BCUT2D eigenvalue weighted by molar-refractivity contribution is 0.247. The predicted octanol–water partition coefficient (Wildman–Crippen LogP) is 3.15. The van der Waals surface area contributed by atoms with Gasteiger partial charge in [-0.2, -0.15) is 0 Å². The molecule has 0 radical (unpaired) electrons. The Morgan fingerprint density at radius 2 is 2.16 bits per heavy atom. The number of nitrogens with zero attached hydrogens (tertiary/aromatic N) is 1. The summed E-state index contributed by atoms with van der Waals surface area (Å²) in [6, 6.07) is 8.80. The Labute approximate surface area is 124 Å². The molecule has 100 valence electrons. The first-order chi connectivity index (χ1) is 9.02. The van der Waals surface area contributed by atoms with Crippen LogP contribution in [0.1, 0.15) is 17.2 Å². The molecule has 3 nitrogen and oxygen atoms in total. The summed E-state index contributed by atoms with van der Waals surface area (Å²) in [5, 5.41) is 10.1. The molecular weight excluding hydrogens is 330 g/mol. The molecule has 0 aliphatic rings. The molecule has 19 heavy (non-hydrogen) atoms. The van der Waals surface area contributed by atoms with Crippen molar-refractivity contribution >= 4 is 27.5 Å². The second-order valence-electron chi connectivity index (χ2n) is 4.33. The van der Waals surface area contributed by atoms with Crippen molar-refractivity contribution in [2.24, 2.45) is 0 Å².